The van der Waals surface area contributed by atoms with Gasteiger partial charge in [0.15, 0.2) is 6.10 Å². The predicted octanol–water partition coefficient (Wildman–Crippen LogP) is 2.07. The summed E-state index contributed by atoms with van der Waals surface area (Å²) in [5, 5.41) is 0. The number of carbonyl (C=O) groups is 2. The van der Waals surface area contributed by atoms with Gasteiger partial charge in [0.25, 0.3) is 11.8 Å². The molecule has 1 atom stereocenters. The van der Waals surface area contributed by atoms with Crippen molar-refractivity contribution in [1.82, 2.24) is 10.9 Å². The van der Waals surface area contributed by atoms with E-state index < -0.39 is 6.10 Å². The number of hydrazine groups is 1. The van der Waals surface area contributed by atoms with Crippen LogP contribution in [-0.2, 0) is 11.2 Å². The summed E-state index contributed by atoms with van der Waals surface area (Å²) in [6, 6.07) is 13.1. The van der Waals surface area contributed by atoms with Gasteiger partial charge in [0.1, 0.15) is 5.75 Å². The van der Waals surface area contributed by atoms with Crippen LogP contribution in [0, 0.1) is 13.8 Å². The zero-order valence-electron chi connectivity index (χ0n) is 13.1. The van der Waals surface area contributed by atoms with Crippen LogP contribution in [0.5, 0.6) is 5.75 Å². The van der Waals surface area contributed by atoms with E-state index in [2.05, 4.69) is 10.9 Å². The molecular weight excluding hydrogens is 292 g/mol. The van der Waals surface area contributed by atoms with Gasteiger partial charge < -0.3 is 4.74 Å². The molecule has 2 aromatic rings. The number of benzene rings is 2. The fourth-order valence-electron chi connectivity index (χ4n) is 2.66. The lowest BCUT2D eigenvalue weighted by atomic mass is 10.1. The maximum Gasteiger partial charge on any atom is 0.279 e. The molecule has 0 fully saturated rings. The van der Waals surface area contributed by atoms with Crippen molar-refractivity contribution in [3.8, 4) is 5.75 Å². The summed E-state index contributed by atoms with van der Waals surface area (Å²) in [5.41, 5.74) is 8.35. The number of ether oxygens (including phenoxy) is 1. The van der Waals surface area contributed by atoms with Crippen molar-refractivity contribution >= 4 is 11.8 Å². The first-order valence-corrected chi connectivity index (χ1v) is 7.46. The van der Waals surface area contributed by atoms with Gasteiger partial charge in [-0.25, -0.2) is 0 Å². The van der Waals surface area contributed by atoms with Gasteiger partial charge in [0.2, 0.25) is 0 Å². The van der Waals surface area contributed by atoms with Gasteiger partial charge in [-0.1, -0.05) is 35.9 Å². The minimum atomic E-state index is -0.619. The molecule has 0 bridgehead atoms. The van der Waals surface area contributed by atoms with E-state index in [0.29, 0.717) is 17.7 Å². The number of hydrogen-bond donors (Lipinski definition) is 2. The van der Waals surface area contributed by atoms with E-state index in [1.165, 1.54) is 0 Å². The Morgan fingerprint density at radius 2 is 1.87 bits per heavy atom. The number of carbonyl (C=O) groups excluding carboxylic acids is 2. The Morgan fingerprint density at radius 1 is 1.09 bits per heavy atom. The SMILES string of the molecule is Cc1ccc(C(=O)NNC(=O)[C@@H]2Cc3ccccc3O2)c(C)c1. The third kappa shape index (κ3) is 3.18. The van der Waals surface area contributed by atoms with Crippen LogP contribution in [0.4, 0.5) is 0 Å². The molecule has 3 rings (SSSR count). The molecule has 2 aromatic carbocycles. The van der Waals surface area contributed by atoms with Crippen molar-refractivity contribution < 1.29 is 14.3 Å². The molecule has 1 aliphatic rings. The lowest BCUT2D eigenvalue weighted by molar-refractivity contribution is -0.128. The van der Waals surface area contributed by atoms with Gasteiger partial charge in [-0.3, -0.25) is 20.4 Å². The molecule has 5 nitrogen and oxygen atoms in total. The highest BCUT2D eigenvalue weighted by Crippen LogP contribution is 2.27. The Bertz CT molecular complexity index is 746. The lowest BCUT2D eigenvalue weighted by Crippen LogP contribution is -2.47. The minimum Gasteiger partial charge on any atom is -0.480 e. The average Bonchev–Trinajstić information content (AvgIpc) is 2.96. The molecule has 1 heterocycles. The second-order valence-electron chi connectivity index (χ2n) is 5.68. The topological polar surface area (TPSA) is 67.4 Å². The van der Waals surface area contributed by atoms with Crippen molar-refractivity contribution in [3.63, 3.8) is 0 Å². The van der Waals surface area contributed by atoms with Gasteiger partial charge in [-0.05, 0) is 37.1 Å². The number of hydrogen-bond acceptors (Lipinski definition) is 3. The van der Waals surface area contributed by atoms with Crippen LogP contribution in [0.25, 0.3) is 0 Å². The predicted molar refractivity (Wildman–Crippen MR) is 86.1 cm³/mol. The molecule has 0 radical (unpaired) electrons. The van der Waals surface area contributed by atoms with Crippen LogP contribution in [-0.4, -0.2) is 17.9 Å². The molecule has 0 aliphatic carbocycles. The van der Waals surface area contributed by atoms with Gasteiger partial charge in [0, 0.05) is 12.0 Å². The van der Waals surface area contributed by atoms with E-state index in [-0.39, 0.29) is 11.8 Å². The molecule has 23 heavy (non-hydrogen) atoms. The number of nitrogens with one attached hydrogen (secondary N) is 2. The molecule has 5 heteroatoms. The largest absolute Gasteiger partial charge is 0.480 e. The zero-order chi connectivity index (χ0) is 16.4. The van der Waals surface area contributed by atoms with E-state index >= 15 is 0 Å². The highest BCUT2D eigenvalue weighted by atomic mass is 16.5. The van der Waals surface area contributed by atoms with Crippen LogP contribution in [0.3, 0.4) is 0 Å². The summed E-state index contributed by atoms with van der Waals surface area (Å²) in [6.45, 7) is 3.83. The molecule has 1 aliphatic heterocycles. The van der Waals surface area contributed by atoms with Crippen molar-refractivity contribution in [2.45, 2.75) is 26.4 Å². The monoisotopic (exact) mass is 310 g/mol. The number of amides is 2. The first-order chi connectivity index (χ1) is 11.0. The molecule has 0 spiro atoms. The molecular formula is C18H18N2O3. The Morgan fingerprint density at radius 3 is 2.61 bits per heavy atom. The van der Waals surface area contributed by atoms with E-state index in [9.17, 15) is 9.59 Å². The summed E-state index contributed by atoms with van der Waals surface area (Å²) in [4.78, 5) is 24.3. The Balaban J connectivity index is 1.58. The van der Waals surface area contributed by atoms with Gasteiger partial charge in [-0.2, -0.15) is 0 Å². The number of rotatable bonds is 2. The second-order valence-corrected chi connectivity index (χ2v) is 5.68. The Kier molecular flexibility index (Phi) is 4.02. The van der Waals surface area contributed by atoms with Crippen molar-refractivity contribution in [2.24, 2.45) is 0 Å². The zero-order valence-corrected chi connectivity index (χ0v) is 13.1. The summed E-state index contributed by atoms with van der Waals surface area (Å²) in [7, 11) is 0. The van der Waals surface area contributed by atoms with Crippen molar-refractivity contribution in [1.29, 1.82) is 0 Å². The summed E-state index contributed by atoms with van der Waals surface area (Å²) >= 11 is 0. The molecule has 0 saturated heterocycles. The first kappa shape index (κ1) is 15.1. The maximum absolute atomic E-state index is 12.1. The van der Waals surface area contributed by atoms with Crippen molar-refractivity contribution in [3.05, 3.63) is 64.7 Å². The summed E-state index contributed by atoms with van der Waals surface area (Å²) in [6.07, 6.45) is -0.117. The smallest absolute Gasteiger partial charge is 0.279 e. The number of para-hydroxylation sites is 1. The van der Waals surface area contributed by atoms with Gasteiger partial charge in [0.05, 0.1) is 0 Å². The van der Waals surface area contributed by atoms with Crippen LogP contribution in [0.15, 0.2) is 42.5 Å². The molecule has 2 N–H and O–H groups in total. The van der Waals surface area contributed by atoms with E-state index in [1.807, 2.05) is 50.2 Å². The molecule has 0 saturated carbocycles. The Labute approximate surface area is 134 Å². The third-order valence-electron chi connectivity index (χ3n) is 3.87. The molecule has 0 unspecified atom stereocenters. The fourth-order valence-corrected chi connectivity index (χ4v) is 2.66. The average molecular weight is 310 g/mol. The van der Waals surface area contributed by atoms with Crippen LogP contribution in [0.1, 0.15) is 27.0 Å². The third-order valence-corrected chi connectivity index (χ3v) is 3.87. The van der Waals surface area contributed by atoms with E-state index in [0.717, 1.165) is 16.7 Å². The van der Waals surface area contributed by atoms with Gasteiger partial charge >= 0.3 is 0 Å². The molecule has 2 amide bonds. The van der Waals surface area contributed by atoms with Crippen LogP contribution in [0.2, 0.25) is 0 Å². The molecule has 118 valence electrons. The van der Waals surface area contributed by atoms with E-state index in [4.69, 9.17) is 4.74 Å². The minimum absolute atomic E-state index is 0.341. The normalized spacial score (nSPS) is 15.5. The lowest BCUT2D eigenvalue weighted by Gasteiger charge is -2.13. The molecule has 0 aromatic heterocycles. The second kappa shape index (κ2) is 6.12. The Hall–Kier alpha value is -2.82. The quantitative estimate of drug-likeness (QED) is 0.835. The number of fused-ring (bicyclic) bond motifs is 1. The summed E-state index contributed by atoms with van der Waals surface area (Å²) in [5.74, 6) is 0.0130. The van der Waals surface area contributed by atoms with Crippen LogP contribution < -0.4 is 15.6 Å². The van der Waals surface area contributed by atoms with Crippen LogP contribution >= 0.6 is 0 Å². The highest BCUT2D eigenvalue weighted by molar-refractivity contribution is 5.97. The fraction of sp³-hybridized carbons (Fsp3) is 0.222. The van der Waals surface area contributed by atoms with E-state index in [1.54, 1.807) is 6.07 Å². The number of aryl methyl sites for hydroxylation is 2. The van der Waals surface area contributed by atoms with Crippen molar-refractivity contribution in [2.75, 3.05) is 0 Å². The first-order valence-electron chi connectivity index (χ1n) is 7.46. The summed E-state index contributed by atoms with van der Waals surface area (Å²) < 4.78 is 5.58. The van der Waals surface area contributed by atoms with Gasteiger partial charge in [-0.15, -0.1) is 0 Å². The standard InChI is InChI=1S/C18H18N2O3/c1-11-7-8-14(12(2)9-11)17(21)19-20-18(22)16-10-13-5-3-4-6-15(13)23-16/h3-9,16H,10H2,1-2H3,(H,19,21)(H,20,22)/t16-/m0/s1. The highest BCUT2D eigenvalue weighted by Gasteiger charge is 2.29. The maximum atomic E-state index is 12.1.